The molecule has 6 unspecified atom stereocenters. The Morgan fingerprint density at radius 2 is 0.822 bits per heavy atom. The Balaban J connectivity index is 2.65. The highest BCUT2D eigenvalue weighted by molar-refractivity contribution is 5.74. The van der Waals surface area contributed by atoms with Gasteiger partial charge in [-0.1, -0.05) is 218 Å². The molecular weight excluding hydrogens is 925 g/mol. The number of allylic oxidation sites excluding steroid dienone is 6. The summed E-state index contributed by atoms with van der Waals surface area (Å²) in [5, 5.41) is 31.4. The Morgan fingerprint density at radius 3 is 1.29 bits per heavy atom. The van der Waals surface area contributed by atoms with E-state index in [-0.39, 0.29) is 25.9 Å². The van der Waals surface area contributed by atoms with E-state index in [0.717, 1.165) is 89.9 Å². The highest BCUT2D eigenvalue weighted by atomic mass is 16.7. The van der Waals surface area contributed by atoms with Crippen LogP contribution in [0.25, 0.3) is 0 Å². The maximum atomic E-state index is 13.1. The summed E-state index contributed by atoms with van der Waals surface area (Å²) in [7, 11) is 0. The van der Waals surface area contributed by atoms with Crippen LogP contribution in [0.3, 0.4) is 0 Å². The van der Waals surface area contributed by atoms with Crippen LogP contribution < -0.4 is 0 Å². The lowest BCUT2D eigenvalue weighted by molar-refractivity contribution is -0.301. The molecule has 0 bridgehead atoms. The maximum Gasteiger partial charge on any atom is 0.335 e. The second-order valence-electron chi connectivity index (χ2n) is 20.6. The van der Waals surface area contributed by atoms with Crippen LogP contribution in [0.15, 0.2) is 36.5 Å². The molecule has 1 aliphatic heterocycles. The van der Waals surface area contributed by atoms with Crippen LogP contribution >= 0.6 is 0 Å². The van der Waals surface area contributed by atoms with Crippen LogP contribution in [0.1, 0.15) is 278 Å². The van der Waals surface area contributed by atoms with E-state index in [9.17, 15) is 34.5 Å². The van der Waals surface area contributed by atoms with Gasteiger partial charge in [-0.25, -0.2) is 4.79 Å². The second-order valence-corrected chi connectivity index (χ2v) is 20.6. The van der Waals surface area contributed by atoms with Gasteiger partial charge in [0.2, 0.25) is 0 Å². The molecule has 0 aromatic heterocycles. The number of carbonyl (C=O) groups is 4. The van der Waals surface area contributed by atoms with Gasteiger partial charge in [0, 0.05) is 19.3 Å². The fourth-order valence-electron chi connectivity index (χ4n) is 9.04. The lowest BCUT2D eigenvalue weighted by Crippen LogP contribution is -2.61. The first kappa shape index (κ1) is 68.0. The molecule has 6 atom stereocenters. The van der Waals surface area contributed by atoms with E-state index in [0.29, 0.717) is 19.3 Å². The first-order chi connectivity index (χ1) is 35.6. The lowest BCUT2D eigenvalue weighted by Gasteiger charge is -2.40. The minimum atomic E-state index is -1.90. The van der Waals surface area contributed by atoms with Gasteiger partial charge in [-0.2, -0.15) is 0 Å². The van der Waals surface area contributed by atoms with Crippen LogP contribution in [0.5, 0.6) is 0 Å². The molecule has 0 saturated carbocycles. The van der Waals surface area contributed by atoms with E-state index in [1.54, 1.807) is 0 Å². The number of rotatable bonds is 51. The number of hydrogen-bond acceptors (Lipinski definition) is 11. The van der Waals surface area contributed by atoms with Crippen molar-refractivity contribution in [2.45, 2.75) is 314 Å². The van der Waals surface area contributed by atoms with E-state index in [1.807, 2.05) is 0 Å². The zero-order chi connectivity index (χ0) is 53.3. The minimum absolute atomic E-state index is 0.0531. The van der Waals surface area contributed by atoms with Crippen molar-refractivity contribution in [3.8, 4) is 0 Å². The molecule has 0 radical (unpaired) electrons. The van der Waals surface area contributed by atoms with E-state index >= 15 is 0 Å². The van der Waals surface area contributed by atoms with Crippen molar-refractivity contribution >= 4 is 23.9 Å². The normalized spacial score (nSPS) is 18.5. The number of hydrogen-bond donors (Lipinski definition) is 3. The standard InChI is InChI=1S/C61H108O12/c1-4-7-10-13-16-19-22-24-25-26-27-28-29-31-33-35-38-41-44-47-53(62)69-50-52(71-54(63)48-45-42-39-36-32-21-18-15-12-9-6-3)51-70-61-59(57(66)56(65)58(73-61)60(67)68)72-55(64)49-46-43-40-37-34-30-23-20-17-14-11-8-5-2/h16,19-20,23-25,52,56-59,61,65-66H,4-15,17-18,21-22,26-51H2,1-3H3,(H,67,68)/b19-16-,23-20-,25-24-. The van der Waals surface area contributed by atoms with E-state index in [1.165, 1.54) is 128 Å². The number of carboxylic acid groups (broad SMARTS) is 1. The Bertz CT molecular complexity index is 1410. The smallest absolute Gasteiger partial charge is 0.335 e. The number of aliphatic carboxylic acids is 1. The molecule has 0 aliphatic carbocycles. The van der Waals surface area contributed by atoms with Crippen molar-refractivity contribution in [2.24, 2.45) is 0 Å². The lowest BCUT2D eigenvalue weighted by atomic mass is 9.98. The Hall–Kier alpha value is -3.06. The van der Waals surface area contributed by atoms with E-state index in [2.05, 4.69) is 57.2 Å². The Kier molecular flexibility index (Phi) is 46.4. The predicted octanol–water partition coefficient (Wildman–Crippen LogP) is 15.2. The topological polar surface area (TPSA) is 175 Å². The van der Waals surface area contributed by atoms with E-state index < -0.39 is 67.3 Å². The van der Waals surface area contributed by atoms with Crippen LogP contribution in [0.4, 0.5) is 0 Å². The molecule has 12 heteroatoms. The fourth-order valence-corrected chi connectivity index (χ4v) is 9.04. The number of esters is 3. The van der Waals surface area contributed by atoms with Crippen molar-refractivity contribution in [3.63, 3.8) is 0 Å². The third kappa shape index (κ3) is 39.9. The van der Waals surface area contributed by atoms with Crippen LogP contribution in [0, 0.1) is 0 Å². The van der Waals surface area contributed by atoms with Gasteiger partial charge in [-0.15, -0.1) is 0 Å². The summed E-state index contributed by atoms with van der Waals surface area (Å²) in [6.07, 6.45) is 45.4. The molecule has 0 aromatic rings. The highest BCUT2D eigenvalue weighted by Crippen LogP contribution is 2.26. The summed E-state index contributed by atoms with van der Waals surface area (Å²) in [5.74, 6) is -3.11. The largest absolute Gasteiger partial charge is 0.479 e. The first-order valence-corrected chi connectivity index (χ1v) is 30.0. The summed E-state index contributed by atoms with van der Waals surface area (Å²) >= 11 is 0. The van der Waals surface area contributed by atoms with Gasteiger partial charge in [-0.3, -0.25) is 14.4 Å². The zero-order valence-electron chi connectivity index (χ0n) is 46.6. The van der Waals surface area contributed by atoms with Gasteiger partial charge >= 0.3 is 23.9 Å². The zero-order valence-corrected chi connectivity index (χ0v) is 46.6. The van der Waals surface area contributed by atoms with Crippen LogP contribution in [-0.2, 0) is 42.9 Å². The van der Waals surface area contributed by atoms with Gasteiger partial charge in [0.25, 0.3) is 0 Å². The number of aliphatic hydroxyl groups excluding tert-OH is 2. The number of carbonyl (C=O) groups excluding carboxylic acids is 3. The molecule has 0 spiro atoms. The van der Waals surface area contributed by atoms with E-state index in [4.69, 9.17) is 23.7 Å². The van der Waals surface area contributed by atoms with Gasteiger partial charge in [-0.05, 0) is 77.0 Å². The summed E-state index contributed by atoms with van der Waals surface area (Å²) < 4.78 is 28.4. The van der Waals surface area contributed by atoms with Crippen molar-refractivity contribution in [3.05, 3.63) is 36.5 Å². The number of carboxylic acids is 1. The van der Waals surface area contributed by atoms with Gasteiger partial charge < -0.3 is 39.0 Å². The molecule has 1 saturated heterocycles. The molecule has 424 valence electrons. The molecule has 1 rings (SSSR count). The van der Waals surface area contributed by atoms with Crippen molar-refractivity contribution in [2.75, 3.05) is 13.2 Å². The van der Waals surface area contributed by atoms with Crippen LogP contribution in [0.2, 0.25) is 0 Å². The minimum Gasteiger partial charge on any atom is -0.479 e. The molecule has 1 aliphatic rings. The van der Waals surface area contributed by atoms with Crippen molar-refractivity contribution in [1.29, 1.82) is 0 Å². The molecular formula is C61H108O12. The summed E-state index contributed by atoms with van der Waals surface area (Å²) in [6.45, 7) is 5.95. The maximum absolute atomic E-state index is 13.1. The molecule has 73 heavy (non-hydrogen) atoms. The number of aliphatic hydroxyl groups is 2. The number of ether oxygens (including phenoxy) is 5. The first-order valence-electron chi connectivity index (χ1n) is 30.0. The average molecular weight is 1030 g/mol. The fraction of sp³-hybridized carbons (Fsp3) is 0.836. The predicted molar refractivity (Wildman–Crippen MR) is 294 cm³/mol. The molecule has 0 amide bonds. The molecule has 3 N–H and O–H groups in total. The third-order valence-corrected chi connectivity index (χ3v) is 13.7. The monoisotopic (exact) mass is 1030 g/mol. The Morgan fingerprint density at radius 1 is 0.452 bits per heavy atom. The summed E-state index contributed by atoms with van der Waals surface area (Å²) in [6, 6.07) is 0. The molecule has 1 heterocycles. The van der Waals surface area contributed by atoms with Crippen molar-refractivity contribution in [1.82, 2.24) is 0 Å². The van der Waals surface area contributed by atoms with Crippen molar-refractivity contribution < 1.29 is 58.2 Å². The SMILES string of the molecule is CCCCC/C=C\C/C=C\CCCCCCCCCCCC(=O)OCC(COC1OC(C(=O)O)C(O)C(O)C1OC(=O)CCCCCCC/C=C\CCCCCC)OC(=O)CCCCCCCCCCCCC. The quantitative estimate of drug-likeness (QED) is 0.0228. The second kappa shape index (κ2) is 49.8. The third-order valence-electron chi connectivity index (χ3n) is 13.7. The van der Waals surface area contributed by atoms with Gasteiger partial charge in [0.05, 0.1) is 6.61 Å². The molecule has 12 nitrogen and oxygen atoms in total. The molecule has 0 aromatic carbocycles. The summed E-state index contributed by atoms with van der Waals surface area (Å²) in [5.41, 5.74) is 0. The number of unbranched alkanes of at least 4 members (excludes halogenated alkanes) is 31. The van der Waals surface area contributed by atoms with Gasteiger partial charge in [0.15, 0.2) is 24.6 Å². The van der Waals surface area contributed by atoms with Gasteiger partial charge in [0.1, 0.15) is 18.8 Å². The summed E-state index contributed by atoms with van der Waals surface area (Å²) in [4.78, 5) is 51.0. The molecule has 1 fully saturated rings. The Labute approximate surface area is 444 Å². The van der Waals surface area contributed by atoms with Crippen LogP contribution in [-0.4, -0.2) is 89.2 Å². The highest BCUT2D eigenvalue weighted by Gasteiger charge is 2.50. The average Bonchev–Trinajstić information content (AvgIpc) is 3.37.